The molecule has 0 aliphatic carbocycles. The van der Waals surface area contributed by atoms with E-state index in [9.17, 15) is 44.7 Å². The van der Waals surface area contributed by atoms with Crippen LogP contribution in [0.25, 0.3) is 0 Å². The minimum Gasteiger partial charge on any atom is -0.427 e. The lowest BCUT2D eigenvalue weighted by atomic mass is 10.1. The van der Waals surface area contributed by atoms with Gasteiger partial charge in [0.15, 0.2) is 0 Å². The standard InChI is InChI=1S/C14H10F8O4/c15-9(5-13(17,18)19)25-11(23)7-3-1-2-4-8(7)12(24)26-10(16)6-14(20,21)22/h1-4,9-10H,5-6H2. The predicted octanol–water partition coefficient (Wildman–Crippen LogP) is 4.50. The SMILES string of the molecule is O=C(OC(F)CC(F)(F)F)c1ccccc1C(=O)OC(F)CC(F)(F)F. The molecule has 2 unspecified atom stereocenters. The van der Waals surface area contributed by atoms with Gasteiger partial charge in [0.25, 0.3) is 12.7 Å². The first-order valence-corrected chi connectivity index (χ1v) is 6.71. The number of ether oxygens (including phenoxy) is 2. The molecule has 1 aromatic rings. The van der Waals surface area contributed by atoms with Crippen LogP contribution in [0, 0.1) is 0 Å². The highest BCUT2D eigenvalue weighted by Gasteiger charge is 2.36. The van der Waals surface area contributed by atoms with Gasteiger partial charge in [-0.3, -0.25) is 0 Å². The fourth-order valence-electron chi connectivity index (χ4n) is 1.65. The maximum atomic E-state index is 13.1. The summed E-state index contributed by atoms with van der Waals surface area (Å²) in [7, 11) is 0. The Hall–Kier alpha value is -2.40. The largest absolute Gasteiger partial charge is 0.427 e. The summed E-state index contributed by atoms with van der Waals surface area (Å²) in [5, 5.41) is 0. The summed E-state index contributed by atoms with van der Waals surface area (Å²) >= 11 is 0. The first kappa shape index (κ1) is 21.6. The van der Waals surface area contributed by atoms with Gasteiger partial charge in [0.1, 0.15) is 12.8 Å². The molecule has 0 saturated carbocycles. The minimum atomic E-state index is -4.98. The van der Waals surface area contributed by atoms with Gasteiger partial charge in [0, 0.05) is 0 Å². The maximum absolute atomic E-state index is 13.1. The summed E-state index contributed by atoms with van der Waals surface area (Å²) in [5.41, 5.74) is -1.61. The highest BCUT2D eigenvalue weighted by atomic mass is 19.4. The second-order valence-corrected chi connectivity index (χ2v) is 4.81. The third-order valence-corrected chi connectivity index (χ3v) is 2.62. The van der Waals surface area contributed by atoms with E-state index in [2.05, 4.69) is 9.47 Å². The van der Waals surface area contributed by atoms with Crippen molar-refractivity contribution in [3.63, 3.8) is 0 Å². The van der Waals surface area contributed by atoms with Crippen LogP contribution in [-0.2, 0) is 9.47 Å². The maximum Gasteiger partial charge on any atom is 0.395 e. The second kappa shape index (κ2) is 8.32. The van der Waals surface area contributed by atoms with E-state index in [0.717, 1.165) is 24.3 Å². The van der Waals surface area contributed by atoms with E-state index < -0.39 is 61.0 Å². The zero-order valence-electron chi connectivity index (χ0n) is 12.5. The molecule has 2 atom stereocenters. The van der Waals surface area contributed by atoms with Gasteiger partial charge in [-0.1, -0.05) is 12.1 Å². The van der Waals surface area contributed by atoms with Crippen LogP contribution in [0.5, 0.6) is 0 Å². The average Bonchev–Trinajstić information content (AvgIpc) is 2.42. The number of esters is 2. The molecule has 0 amide bonds. The van der Waals surface area contributed by atoms with E-state index >= 15 is 0 Å². The summed E-state index contributed by atoms with van der Waals surface area (Å²) in [4.78, 5) is 23.3. The number of alkyl halides is 8. The lowest BCUT2D eigenvalue weighted by Crippen LogP contribution is -2.24. The summed E-state index contributed by atoms with van der Waals surface area (Å²) in [6, 6.07) is 3.84. The van der Waals surface area contributed by atoms with Gasteiger partial charge in [0.2, 0.25) is 0 Å². The van der Waals surface area contributed by atoms with Crippen molar-refractivity contribution in [3.05, 3.63) is 35.4 Å². The Morgan fingerprint density at radius 3 is 1.35 bits per heavy atom. The molecule has 12 heteroatoms. The average molecular weight is 394 g/mol. The smallest absolute Gasteiger partial charge is 0.395 e. The van der Waals surface area contributed by atoms with Crippen LogP contribution in [0.2, 0.25) is 0 Å². The molecule has 4 nitrogen and oxygen atoms in total. The van der Waals surface area contributed by atoms with Gasteiger partial charge >= 0.3 is 24.3 Å². The van der Waals surface area contributed by atoms with Crippen molar-refractivity contribution < 1.29 is 54.2 Å². The second-order valence-electron chi connectivity index (χ2n) is 4.81. The molecule has 0 aliphatic heterocycles. The van der Waals surface area contributed by atoms with Crippen molar-refractivity contribution in [2.24, 2.45) is 0 Å². The molecule has 1 aromatic carbocycles. The normalized spacial score (nSPS) is 14.5. The fraction of sp³-hybridized carbons (Fsp3) is 0.429. The molecule has 1 rings (SSSR count). The number of hydrogen-bond acceptors (Lipinski definition) is 4. The van der Waals surface area contributed by atoms with E-state index in [1.807, 2.05) is 0 Å². The molecule has 146 valence electrons. The molecule has 0 spiro atoms. The zero-order chi connectivity index (χ0) is 20.1. The van der Waals surface area contributed by atoms with Crippen molar-refractivity contribution in [2.75, 3.05) is 0 Å². The Morgan fingerprint density at radius 1 is 0.769 bits per heavy atom. The Morgan fingerprint density at radius 2 is 1.08 bits per heavy atom. The summed E-state index contributed by atoms with van der Waals surface area (Å²) in [6.45, 7) is 0. The van der Waals surface area contributed by atoms with Crippen molar-refractivity contribution in [1.29, 1.82) is 0 Å². The third-order valence-electron chi connectivity index (χ3n) is 2.62. The Bertz CT molecular complexity index is 586. The number of rotatable bonds is 6. The molecule has 0 radical (unpaired) electrons. The molecule has 0 fully saturated rings. The van der Waals surface area contributed by atoms with Gasteiger partial charge in [-0.2, -0.15) is 26.3 Å². The lowest BCUT2D eigenvalue weighted by Gasteiger charge is -2.15. The van der Waals surface area contributed by atoms with Crippen LogP contribution in [0.4, 0.5) is 35.1 Å². The van der Waals surface area contributed by atoms with Gasteiger partial charge in [-0.15, -0.1) is 0 Å². The van der Waals surface area contributed by atoms with Crippen LogP contribution in [0.3, 0.4) is 0 Å². The molecular weight excluding hydrogens is 384 g/mol. The number of carbonyl (C=O) groups excluding carboxylic acids is 2. The quantitative estimate of drug-likeness (QED) is 0.527. The highest BCUT2D eigenvalue weighted by Crippen LogP contribution is 2.26. The van der Waals surface area contributed by atoms with Gasteiger partial charge in [0.05, 0.1) is 11.1 Å². The van der Waals surface area contributed by atoms with Crippen LogP contribution in [0.15, 0.2) is 24.3 Å². The molecule has 0 heterocycles. The number of benzene rings is 1. The third kappa shape index (κ3) is 7.66. The molecule has 0 aromatic heterocycles. The molecule has 0 N–H and O–H groups in total. The highest BCUT2D eigenvalue weighted by molar-refractivity contribution is 6.03. The molecule has 0 aliphatic rings. The zero-order valence-corrected chi connectivity index (χ0v) is 12.5. The summed E-state index contributed by atoms with van der Waals surface area (Å²) < 4.78 is 106. The van der Waals surface area contributed by atoms with Crippen molar-refractivity contribution >= 4 is 11.9 Å². The van der Waals surface area contributed by atoms with Crippen molar-refractivity contribution in [2.45, 2.75) is 37.9 Å². The van der Waals surface area contributed by atoms with Crippen LogP contribution < -0.4 is 0 Å². The van der Waals surface area contributed by atoms with Gasteiger partial charge < -0.3 is 9.47 Å². The van der Waals surface area contributed by atoms with Crippen LogP contribution >= 0.6 is 0 Å². The Balaban J connectivity index is 2.86. The Labute approximate surface area is 140 Å². The minimum absolute atomic E-state index is 0.804. The molecule has 26 heavy (non-hydrogen) atoms. The van der Waals surface area contributed by atoms with Gasteiger partial charge in [-0.05, 0) is 12.1 Å². The monoisotopic (exact) mass is 394 g/mol. The molecular formula is C14H10F8O4. The summed E-state index contributed by atoms with van der Waals surface area (Å²) in [6.07, 6.45) is -20.3. The first-order chi connectivity index (χ1) is 11.8. The first-order valence-electron chi connectivity index (χ1n) is 6.71. The molecule has 0 saturated heterocycles. The predicted molar refractivity (Wildman–Crippen MR) is 68.4 cm³/mol. The van der Waals surface area contributed by atoms with Crippen LogP contribution in [-0.4, -0.2) is 37.0 Å². The van der Waals surface area contributed by atoms with E-state index in [4.69, 9.17) is 0 Å². The van der Waals surface area contributed by atoms with Crippen molar-refractivity contribution in [1.82, 2.24) is 0 Å². The molecule has 0 bridgehead atoms. The van der Waals surface area contributed by atoms with E-state index in [0.29, 0.717) is 0 Å². The van der Waals surface area contributed by atoms with Crippen LogP contribution in [0.1, 0.15) is 33.6 Å². The summed E-state index contributed by atoms with van der Waals surface area (Å²) in [5.74, 6) is -3.42. The number of halogens is 8. The van der Waals surface area contributed by atoms with Gasteiger partial charge in [-0.25, -0.2) is 18.4 Å². The topological polar surface area (TPSA) is 52.6 Å². The van der Waals surface area contributed by atoms with E-state index in [1.165, 1.54) is 0 Å². The Kier molecular flexibility index (Phi) is 6.93. The van der Waals surface area contributed by atoms with E-state index in [1.54, 1.807) is 0 Å². The van der Waals surface area contributed by atoms with E-state index in [-0.39, 0.29) is 0 Å². The lowest BCUT2D eigenvalue weighted by molar-refractivity contribution is -0.173. The number of carbonyl (C=O) groups is 2. The van der Waals surface area contributed by atoms with Crippen molar-refractivity contribution in [3.8, 4) is 0 Å². The fourth-order valence-corrected chi connectivity index (χ4v) is 1.65. The number of hydrogen-bond donors (Lipinski definition) is 0.